The van der Waals surface area contributed by atoms with Crippen molar-refractivity contribution >= 4 is 23.5 Å². The molecule has 146 valence electrons. The van der Waals surface area contributed by atoms with E-state index in [1.165, 1.54) is 7.11 Å². The number of hydrogen-bond acceptors (Lipinski definition) is 5. The van der Waals surface area contributed by atoms with Gasteiger partial charge in [0.15, 0.2) is 0 Å². The van der Waals surface area contributed by atoms with Gasteiger partial charge in [-0.25, -0.2) is 4.79 Å². The number of carbonyl (C=O) groups is 2. The van der Waals surface area contributed by atoms with Gasteiger partial charge in [0.25, 0.3) is 5.91 Å². The molecule has 28 heavy (non-hydrogen) atoms. The van der Waals surface area contributed by atoms with E-state index in [1.807, 2.05) is 6.08 Å². The van der Waals surface area contributed by atoms with Crippen molar-refractivity contribution in [2.75, 3.05) is 20.3 Å². The number of benzene rings is 2. The highest BCUT2D eigenvalue weighted by molar-refractivity contribution is 6.32. The summed E-state index contributed by atoms with van der Waals surface area (Å²) >= 11 is 6.27. The minimum Gasteiger partial charge on any atom is -0.489 e. The Hall–Kier alpha value is -2.99. The molecule has 1 N–H and O–H groups in total. The van der Waals surface area contributed by atoms with E-state index < -0.39 is 17.9 Å². The van der Waals surface area contributed by atoms with Crippen molar-refractivity contribution in [3.05, 3.63) is 70.8 Å². The Kier molecular flexibility index (Phi) is 6.55. The van der Waals surface area contributed by atoms with Gasteiger partial charge in [0.2, 0.25) is 0 Å². The molecule has 4 rings (SSSR count). The van der Waals surface area contributed by atoms with Crippen LogP contribution in [0, 0.1) is 0 Å². The topological polar surface area (TPSA) is 73.9 Å². The molecule has 2 aliphatic heterocycles. The average Bonchev–Trinajstić information content (AvgIpc) is 2.70. The van der Waals surface area contributed by atoms with Crippen molar-refractivity contribution in [2.24, 2.45) is 0 Å². The molecular weight excluding hydrogens is 382 g/mol. The van der Waals surface area contributed by atoms with Crippen LogP contribution in [0.2, 0.25) is 5.02 Å². The molecule has 2 bridgehead atoms. The Morgan fingerprint density at radius 2 is 1.82 bits per heavy atom. The van der Waals surface area contributed by atoms with E-state index >= 15 is 0 Å². The third-order valence-corrected chi connectivity index (χ3v) is 4.49. The van der Waals surface area contributed by atoms with Crippen molar-refractivity contribution in [3.63, 3.8) is 0 Å². The van der Waals surface area contributed by atoms with E-state index in [2.05, 4.69) is 5.32 Å². The van der Waals surface area contributed by atoms with Crippen LogP contribution in [0.4, 0.5) is 0 Å². The van der Waals surface area contributed by atoms with E-state index in [0.717, 1.165) is 5.56 Å². The molecule has 0 saturated heterocycles. The number of nitrogens with one attached hydrogen (secondary N) is 1. The summed E-state index contributed by atoms with van der Waals surface area (Å²) in [6, 6.07) is 11.2. The van der Waals surface area contributed by atoms with Crippen molar-refractivity contribution in [1.29, 1.82) is 0 Å². The van der Waals surface area contributed by atoms with Crippen molar-refractivity contribution in [2.45, 2.75) is 12.5 Å². The standard InChI is InChI=1S/C21H20ClNO5/c1-26-21(25)17-13-14-8-9-19(16(22)12-14)28-11-5-4-10-27-18-7-3-2-6-15(18)20(24)23-17/h2-9,12,17H,10-11,13H2,1H3,(H,23,24)/t17-/m0/s1. The van der Waals surface area contributed by atoms with Crippen molar-refractivity contribution in [1.82, 2.24) is 5.32 Å². The predicted octanol–water partition coefficient (Wildman–Crippen LogP) is 3.18. The number of ether oxygens (including phenoxy) is 3. The molecule has 2 heterocycles. The SMILES string of the molecule is COC(=O)[C@@H]1Cc2ccc(c(Cl)c2)OCC=CCOc2ccccc2C(=O)N1. The summed E-state index contributed by atoms with van der Waals surface area (Å²) in [5, 5.41) is 3.15. The fourth-order valence-electron chi connectivity index (χ4n) is 2.79. The second-order valence-corrected chi connectivity index (χ2v) is 6.51. The molecular formula is C21H20ClNO5. The van der Waals surface area contributed by atoms with Crippen LogP contribution in [0.15, 0.2) is 54.6 Å². The lowest BCUT2D eigenvalue weighted by Crippen LogP contribution is -2.43. The minimum atomic E-state index is -0.874. The second-order valence-electron chi connectivity index (χ2n) is 6.11. The lowest BCUT2D eigenvalue weighted by molar-refractivity contribution is -0.142. The van der Waals surface area contributed by atoms with E-state index in [4.69, 9.17) is 25.8 Å². The summed E-state index contributed by atoms with van der Waals surface area (Å²) in [7, 11) is 1.28. The molecule has 0 saturated carbocycles. The molecule has 0 aliphatic carbocycles. The van der Waals surface area contributed by atoms with Gasteiger partial charge in [-0.1, -0.05) is 29.8 Å². The molecule has 2 aromatic carbocycles. The molecule has 0 unspecified atom stereocenters. The molecule has 2 aromatic rings. The quantitative estimate of drug-likeness (QED) is 0.587. The van der Waals surface area contributed by atoms with Gasteiger partial charge >= 0.3 is 5.97 Å². The minimum absolute atomic E-state index is 0.224. The van der Waals surface area contributed by atoms with Crippen LogP contribution < -0.4 is 14.8 Å². The summed E-state index contributed by atoms with van der Waals surface area (Å²) < 4.78 is 16.2. The number of carbonyl (C=O) groups excluding carboxylic acids is 2. The van der Waals surface area contributed by atoms with Crippen molar-refractivity contribution in [3.8, 4) is 11.5 Å². The Morgan fingerprint density at radius 3 is 2.54 bits per heavy atom. The Balaban J connectivity index is 1.95. The average molecular weight is 402 g/mol. The number of fused-ring (bicyclic) bond motifs is 9. The monoisotopic (exact) mass is 401 g/mol. The summed E-state index contributed by atoms with van der Waals surface area (Å²) in [5.74, 6) is -0.0138. The maximum atomic E-state index is 12.8. The first-order chi connectivity index (χ1) is 13.6. The van der Waals surface area contributed by atoms with Crippen LogP contribution in [0.3, 0.4) is 0 Å². The maximum Gasteiger partial charge on any atom is 0.328 e. The largest absolute Gasteiger partial charge is 0.489 e. The molecule has 0 spiro atoms. The van der Waals surface area contributed by atoms with Crippen LogP contribution in [0.5, 0.6) is 11.5 Å². The van der Waals surface area contributed by atoms with E-state index in [-0.39, 0.29) is 13.0 Å². The Bertz CT molecular complexity index is 896. The van der Waals surface area contributed by atoms with Crippen LogP contribution in [0.25, 0.3) is 0 Å². The summed E-state index contributed by atoms with van der Waals surface area (Å²) in [6.07, 6.45) is 3.83. The van der Waals surface area contributed by atoms with Crippen molar-refractivity contribution < 1.29 is 23.8 Å². The van der Waals surface area contributed by atoms with Gasteiger partial charge in [-0.2, -0.15) is 0 Å². The molecule has 6 nitrogen and oxygen atoms in total. The fourth-order valence-corrected chi connectivity index (χ4v) is 3.05. The van der Waals surface area contributed by atoms with Crippen LogP contribution in [-0.4, -0.2) is 38.2 Å². The van der Waals surface area contributed by atoms with Gasteiger partial charge < -0.3 is 19.5 Å². The summed E-state index contributed by atoms with van der Waals surface area (Å²) in [5.41, 5.74) is 1.10. The highest BCUT2D eigenvalue weighted by Gasteiger charge is 2.24. The molecule has 0 aromatic heterocycles. The summed E-state index contributed by atoms with van der Waals surface area (Å²) in [6.45, 7) is 0.593. The lowest BCUT2D eigenvalue weighted by Gasteiger charge is -2.18. The summed E-state index contributed by atoms with van der Waals surface area (Å²) in [4.78, 5) is 25.0. The van der Waals surface area contributed by atoms with Gasteiger partial charge in [0, 0.05) is 6.42 Å². The Labute approximate surface area is 168 Å². The second kappa shape index (κ2) is 9.28. The first-order valence-electron chi connectivity index (χ1n) is 8.75. The maximum absolute atomic E-state index is 12.8. The van der Waals surface area contributed by atoms with Gasteiger partial charge in [-0.3, -0.25) is 4.79 Å². The molecule has 2 aliphatic rings. The van der Waals surface area contributed by atoms with Gasteiger partial charge in [0.05, 0.1) is 17.7 Å². The first kappa shape index (κ1) is 19.8. The molecule has 0 fully saturated rings. The van der Waals surface area contributed by atoms with Crippen LogP contribution in [0.1, 0.15) is 15.9 Å². The molecule has 7 heteroatoms. The fraction of sp³-hybridized carbons (Fsp3) is 0.238. The molecule has 1 atom stereocenters. The zero-order chi connectivity index (χ0) is 19.9. The number of esters is 1. The third kappa shape index (κ3) is 4.84. The molecule has 0 radical (unpaired) electrons. The highest BCUT2D eigenvalue weighted by atomic mass is 35.5. The molecule has 1 amide bonds. The first-order valence-corrected chi connectivity index (χ1v) is 9.13. The number of para-hydroxylation sites is 1. The number of rotatable bonds is 1. The van der Waals surface area contributed by atoms with Gasteiger partial charge in [-0.05, 0) is 42.0 Å². The van der Waals surface area contributed by atoms with Gasteiger partial charge in [0.1, 0.15) is 30.8 Å². The van der Waals surface area contributed by atoms with Gasteiger partial charge in [-0.15, -0.1) is 0 Å². The lowest BCUT2D eigenvalue weighted by atomic mass is 10.0. The predicted molar refractivity (Wildman–Crippen MR) is 105 cm³/mol. The third-order valence-electron chi connectivity index (χ3n) is 4.20. The number of hydrogen-bond donors (Lipinski definition) is 1. The smallest absolute Gasteiger partial charge is 0.328 e. The number of halogens is 1. The van der Waals surface area contributed by atoms with E-state index in [0.29, 0.717) is 28.7 Å². The van der Waals surface area contributed by atoms with E-state index in [1.54, 1.807) is 48.5 Å². The highest BCUT2D eigenvalue weighted by Crippen LogP contribution is 2.26. The van der Waals surface area contributed by atoms with Crippen LogP contribution >= 0.6 is 11.6 Å². The zero-order valence-corrected chi connectivity index (χ0v) is 16.1. The number of amides is 1. The normalized spacial score (nSPS) is 17.1. The number of methoxy groups -OCH3 is 1. The zero-order valence-electron chi connectivity index (χ0n) is 15.3. The van der Waals surface area contributed by atoms with E-state index in [9.17, 15) is 9.59 Å². The Morgan fingerprint density at radius 1 is 1.11 bits per heavy atom. The van der Waals surface area contributed by atoms with Crippen LogP contribution in [-0.2, 0) is 16.0 Å².